The van der Waals surface area contributed by atoms with Crippen molar-refractivity contribution < 1.29 is 9.18 Å². The van der Waals surface area contributed by atoms with Gasteiger partial charge in [-0.25, -0.2) is 4.39 Å². The van der Waals surface area contributed by atoms with Crippen LogP contribution in [0.2, 0.25) is 0 Å². The summed E-state index contributed by atoms with van der Waals surface area (Å²) < 4.78 is 13.6. The van der Waals surface area contributed by atoms with Gasteiger partial charge in [-0.15, -0.1) is 0 Å². The quantitative estimate of drug-likeness (QED) is 0.847. The van der Waals surface area contributed by atoms with Gasteiger partial charge in [0.2, 0.25) is 5.91 Å². The van der Waals surface area contributed by atoms with Crippen LogP contribution in [-0.2, 0) is 11.3 Å². The van der Waals surface area contributed by atoms with Crippen LogP contribution in [0.1, 0.15) is 12.0 Å². The summed E-state index contributed by atoms with van der Waals surface area (Å²) >= 11 is 0. The second-order valence-corrected chi connectivity index (χ2v) is 7.36. The van der Waals surface area contributed by atoms with Crippen LogP contribution in [0.15, 0.2) is 48.8 Å². The fraction of sp³-hybridized carbons (Fsp3) is 0.400. The van der Waals surface area contributed by atoms with Crippen LogP contribution in [0.25, 0.3) is 0 Å². The van der Waals surface area contributed by atoms with Crippen LogP contribution in [0.3, 0.4) is 0 Å². The summed E-state index contributed by atoms with van der Waals surface area (Å²) in [5, 5.41) is 0. The van der Waals surface area contributed by atoms with Crippen molar-refractivity contribution in [2.24, 2.45) is 0 Å². The second-order valence-electron chi connectivity index (χ2n) is 7.36. The Balaban J connectivity index is 1.53. The SMILES string of the molecule is CN1CC(=O)N(c2cccc(F)c2)C[C@]12CCN(Cc1cccnc1)C2. The maximum atomic E-state index is 13.6. The van der Waals surface area contributed by atoms with E-state index in [0.717, 1.165) is 26.1 Å². The smallest absolute Gasteiger partial charge is 0.241 e. The molecule has 0 saturated carbocycles. The first-order chi connectivity index (χ1) is 12.6. The maximum Gasteiger partial charge on any atom is 0.241 e. The van der Waals surface area contributed by atoms with E-state index in [4.69, 9.17) is 0 Å². The molecule has 1 aromatic heterocycles. The zero-order valence-corrected chi connectivity index (χ0v) is 14.9. The van der Waals surface area contributed by atoms with Crippen LogP contribution in [0, 0.1) is 5.82 Å². The summed E-state index contributed by atoms with van der Waals surface area (Å²) in [6, 6.07) is 10.4. The number of piperazine rings is 1. The first-order valence-electron chi connectivity index (χ1n) is 8.94. The van der Waals surface area contributed by atoms with Crippen molar-refractivity contribution in [3.63, 3.8) is 0 Å². The largest absolute Gasteiger partial charge is 0.309 e. The Bertz CT molecular complexity index is 799. The molecule has 2 aromatic rings. The number of rotatable bonds is 3. The van der Waals surface area contributed by atoms with Gasteiger partial charge >= 0.3 is 0 Å². The van der Waals surface area contributed by atoms with Crippen LogP contribution in [0.5, 0.6) is 0 Å². The van der Waals surface area contributed by atoms with Crippen molar-refractivity contribution in [1.29, 1.82) is 0 Å². The average Bonchev–Trinajstić information content (AvgIpc) is 3.03. The summed E-state index contributed by atoms with van der Waals surface area (Å²) in [5.74, 6) is -0.290. The van der Waals surface area contributed by atoms with Gasteiger partial charge in [0.15, 0.2) is 0 Å². The monoisotopic (exact) mass is 354 g/mol. The third-order valence-electron chi connectivity index (χ3n) is 5.60. The van der Waals surface area contributed by atoms with E-state index < -0.39 is 0 Å². The predicted octanol–water partition coefficient (Wildman–Crippen LogP) is 2.14. The van der Waals surface area contributed by atoms with E-state index in [0.29, 0.717) is 18.8 Å². The molecule has 2 aliphatic rings. The molecule has 0 bridgehead atoms. The zero-order valence-electron chi connectivity index (χ0n) is 14.9. The van der Waals surface area contributed by atoms with Crippen molar-refractivity contribution in [3.8, 4) is 0 Å². The molecular weight excluding hydrogens is 331 g/mol. The highest BCUT2D eigenvalue weighted by molar-refractivity contribution is 5.96. The minimum atomic E-state index is -0.312. The Morgan fingerprint density at radius 1 is 1.23 bits per heavy atom. The van der Waals surface area contributed by atoms with E-state index in [1.165, 1.54) is 17.7 Å². The van der Waals surface area contributed by atoms with Gasteiger partial charge in [0, 0.05) is 44.3 Å². The van der Waals surface area contributed by atoms with Crippen LogP contribution in [-0.4, -0.2) is 59.5 Å². The molecule has 4 rings (SSSR count). The van der Waals surface area contributed by atoms with Crippen molar-refractivity contribution in [2.75, 3.05) is 38.1 Å². The molecule has 2 saturated heterocycles. The molecule has 1 atom stereocenters. The lowest BCUT2D eigenvalue weighted by Gasteiger charge is -2.47. The molecule has 0 radical (unpaired) electrons. The number of hydrogen-bond donors (Lipinski definition) is 0. The highest BCUT2D eigenvalue weighted by Gasteiger charge is 2.47. The summed E-state index contributed by atoms with van der Waals surface area (Å²) in [5.41, 5.74) is 1.75. The minimum absolute atomic E-state index is 0.0226. The van der Waals surface area contributed by atoms with E-state index in [9.17, 15) is 9.18 Å². The predicted molar refractivity (Wildman–Crippen MR) is 98.2 cm³/mol. The van der Waals surface area contributed by atoms with Gasteiger partial charge in [-0.05, 0) is 43.3 Å². The third-order valence-corrected chi connectivity index (χ3v) is 5.60. The number of carbonyl (C=O) groups is 1. The molecule has 5 nitrogen and oxygen atoms in total. The number of pyridine rings is 1. The fourth-order valence-electron chi connectivity index (χ4n) is 4.10. The third kappa shape index (κ3) is 3.22. The van der Waals surface area contributed by atoms with Crippen LogP contribution >= 0.6 is 0 Å². The van der Waals surface area contributed by atoms with Gasteiger partial charge in [-0.1, -0.05) is 12.1 Å². The molecule has 6 heteroatoms. The van der Waals surface area contributed by atoms with Crippen molar-refractivity contribution >= 4 is 11.6 Å². The molecule has 2 fully saturated rings. The molecule has 1 amide bonds. The van der Waals surface area contributed by atoms with E-state index in [-0.39, 0.29) is 17.3 Å². The first-order valence-corrected chi connectivity index (χ1v) is 8.94. The lowest BCUT2D eigenvalue weighted by Crippen LogP contribution is -2.64. The second kappa shape index (κ2) is 6.78. The van der Waals surface area contributed by atoms with Gasteiger partial charge in [-0.3, -0.25) is 19.6 Å². The highest BCUT2D eigenvalue weighted by atomic mass is 19.1. The fourth-order valence-corrected chi connectivity index (χ4v) is 4.10. The van der Waals surface area contributed by atoms with E-state index >= 15 is 0 Å². The topological polar surface area (TPSA) is 39.7 Å². The average molecular weight is 354 g/mol. The number of anilines is 1. The number of carbonyl (C=O) groups excluding carboxylic acids is 1. The number of halogens is 1. The number of likely N-dealkylation sites (N-methyl/N-ethyl adjacent to an activating group) is 1. The summed E-state index contributed by atoms with van der Waals surface area (Å²) in [4.78, 5) is 23.1. The Labute approximate surface area is 153 Å². The number of aromatic nitrogens is 1. The Hall–Kier alpha value is -2.31. The maximum absolute atomic E-state index is 13.6. The molecule has 1 spiro atoms. The molecule has 0 N–H and O–H groups in total. The number of benzene rings is 1. The van der Waals surface area contributed by atoms with Crippen molar-refractivity contribution in [1.82, 2.24) is 14.8 Å². The standard InChI is InChI=1S/C20H23FN4O/c1-23-13-19(26)25(18-6-2-5-17(21)10-18)15-20(23)7-9-24(14-20)12-16-4-3-8-22-11-16/h2-6,8,10-11H,7,9,12-15H2,1H3/t20-/m1/s1. The molecule has 0 aliphatic carbocycles. The van der Waals surface area contributed by atoms with Gasteiger partial charge in [0.25, 0.3) is 0 Å². The van der Waals surface area contributed by atoms with Crippen LogP contribution in [0.4, 0.5) is 10.1 Å². The molecule has 26 heavy (non-hydrogen) atoms. The molecule has 2 aliphatic heterocycles. The lowest BCUT2D eigenvalue weighted by molar-refractivity contribution is -0.123. The Morgan fingerprint density at radius 3 is 2.88 bits per heavy atom. The van der Waals surface area contributed by atoms with Gasteiger partial charge in [0.05, 0.1) is 12.1 Å². The molecule has 0 unspecified atom stereocenters. The van der Waals surface area contributed by atoms with Crippen LogP contribution < -0.4 is 4.90 Å². The van der Waals surface area contributed by atoms with E-state index in [1.807, 2.05) is 25.4 Å². The molecule has 136 valence electrons. The van der Waals surface area contributed by atoms with E-state index in [1.54, 1.807) is 17.2 Å². The number of amides is 1. The summed E-state index contributed by atoms with van der Waals surface area (Å²) in [7, 11) is 2.02. The first kappa shape index (κ1) is 17.1. The van der Waals surface area contributed by atoms with Gasteiger partial charge < -0.3 is 4.90 Å². The summed E-state index contributed by atoms with van der Waals surface area (Å²) in [6.07, 6.45) is 4.67. The molecule has 3 heterocycles. The van der Waals surface area contributed by atoms with Gasteiger partial charge in [-0.2, -0.15) is 0 Å². The van der Waals surface area contributed by atoms with Crippen molar-refractivity contribution in [2.45, 2.75) is 18.5 Å². The normalized spacial score (nSPS) is 24.5. The minimum Gasteiger partial charge on any atom is -0.309 e. The Kier molecular flexibility index (Phi) is 4.46. The van der Waals surface area contributed by atoms with Crippen molar-refractivity contribution in [3.05, 3.63) is 60.2 Å². The molecule has 1 aromatic carbocycles. The number of nitrogens with zero attached hydrogens (tertiary/aromatic N) is 4. The lowest BCUT2D eigenvalue weighted by atomic mass is 9.92. The Morgan fingerprint density at radius 2 is 2.12 bits per heavy atom. The van der Waals surface area contributed by atoms with E-state index in [2.05, 4.69) is 20.9 Å². The summed E-state index contributed by atoms with van der Waals surface area (Å²) in [6.45, 7) is 3.67. The van der Waals surface area contributed by atoms with Gasteiger partial charge in [0.1, 0.15) is 5.82 Å². The zero-order chi connectivity index (χ0) is 18.1. The number of likely N-dealkylation sites (tertiary alicyclic amines) is 1. The molecular formula is C20H23FN4O. The highest BCUT2D eigenvalue weighted by Crippen LogP contribution is 2.34. The number of hydrogen-bond acceptors (Lipinski definition) is 4.